The molecule has 1 unspecified atom stereocenters. The first-order chi connectivity index (χ1) is 21.4. The van der Waals surface area contributed by atoms with Crippen molar-refractivity contribution in [2.75, 3.05) is 13.2 Å². The molecule has 0 radical (unpaired) electrons. The molecule has 0 saturated heterocycles. The van der Waals surface area contributed by atoms with Gasteiger partial charge in [-0.05, 0) is 50.9 Å². The second kappa shape index (κ2) is 32.0. The lowest BCUT2D eigenvalue weighted by Gasteiger charge is -2.15. The maximum atomic E-state index is 12.1. The zero-order valence-corrected chi connectivity index (χ0v) is 28.2. The lowest BCUT2D eigenvalue weighted by molar-refractivity contribution is -0.161. The molecule has 0 saturated carbocycles. The van der Waals surface area contributed by atoms with E-state index in [0.29, 0.717) is 19.3 Å². The lowest BCUT2D eigenvalue weighted by atomic mass is 10.0. The van der Waals surface area contributed by atoms with Crippen LogP contribution in [0.15, 0.2) is 60.8 Å². The minimum Gasteiger partial charge on any atom is -0.462 e. The van der Waals surface area contributed by atoms with Crippen LogP contribution in [0, 0.1) is 5.92 Å². The van der Waals surface area contributed by atoms with Crippen molar-refractivity contribution >= 4 is 11.9 Å². The molecule has 0 bridgehead atoms. The van der Waals surface area contributed by atoms with Gasteiger partial charge < -0.3 is 19.7 Å². The first-order valence-electron chi connectivity index (χ1n) is 17.3. The Labute approximate surface area is 269 Å². The number of ether oxygens (including phenoxy) is 2. The van der Waals surface area contributed by atoms with Crippen LogP contribution in [0.3, 0.4) is 0 Å². The highest BCUT2D eigenvalue weighted by Crippen LogP contribution is 2.14. The number of unbranched alkanes of at least 4 members (excludes halogenated alkanes) is 9. The normalized spacial score (nSPS) is 13.8. The fourth-order valence-electron chi connectivity index (χ4n) is 4.44. The molecule has 0 spiro atoms. The summed E-state index contributed by atoms with van der Waals surface area (Å²) in [4.78, 5) is 24.1. The second-order valence-corrected chi connectivity index (χ2v) is 11.9. The van der Waals surface area contributed by atoms with Crippen molar-refractivity contribution in [2.24, 2.45) is 5.92 Å². The minimum absolute atomic E-state index is 0.108. The highest BCUT2D eigenvalue weighted by molar-refractivity contribution is 5.70. The molecule has 0 aliphatic heterocycles. The fraction of sp³-hybridized carbons (Fsp3) is 0.684. The molecule has 0 aliphatic rings. The molecular weight excluding hydrogens is 552 g/mol. The monoisotopic (exact) mass is 616 g/mol. The van der Waals surface area contributed by atoms with Gasteiger partial charge in [-0.2, -0.15) is 0 Å². The van der Waals surface area contributed by atoms with Crippen LogP contribution in [0.1, 0.15) is 136 Å². The van der Waals surface area contributed by atoms with Crippen molar-refractivity contribution in [3.05, 3.63) is 60.8 Å². The summed E-state index contributed by atoms with van der Waals surface area (Å²) >= 11 is 0. The Balaban J connectivity index is 3.80. The summed E-state index contributed by atoms with van der Waals surface area (Å²) in [5.41, 5.74) is 0. The van der Waals surface area contributed by atoms with Gasteiger partial charge in [-0.1, -0.05) is 139 Å². The summed E-state index contributed by atoms with van der Waals surface area (Å²) in [6.45, 7) is 6.19. The van der Waals surface area contributed by atoms with E-state index in [1.165, 1.54) is 44.9 Å². The third-order valence-corrected chi connectivity index (χ3v) is 7.08. The minimum atomic E-state index is -0.821. The van der Waals surface area contributed by atoms with Crippen LogP contribution in [-0.4, -0.2) is 47.6 Å². The zero-order valence-electron chi connectivity index (χ0n) is 28.2. The van der Waals surface area contributed by atoms with E-state index in [1.807, 2.05) is 36.5 Å². The Morgan fingerprint density at radius 2 is 1.32 bits per heavy atom. The summed E-state index contributed by atoms with van der Waals surface area (Å²) < 4.78 is 10.5. The van der Waals surface area contributed by atoms with Crippen LogP contribution in [-0.2, 0) is 19.1 Å². The van der Waals surface area contributed by atoms with Crippen LogP contribution >= 0.6 is 0 Å². The van der Waals surface area contributed by atoms with Gasteiger partial charge in [0.1, 0.15) is 6.61 Å². The summed E-state index contributed by atoms with van der Waals surface area (Å²) in [6.07, 6.45) is 36.0. The highest BCUT2D eigenvalue weighted by atomic mass is 16.6. The van der Waals surface area contributed by atoms with Crippen LogP contribution in [0.5, 0.6) is 0 Å². The van der Waals surface area contributed by atoms with E-state index in [1.54, 1.807) is 6.08 Å². The summed E-state index contributed by atoms with van der Waals surface area (Å²) in [5.74, 6) is 0.102. The molecule has 0 aromatic heterocycles. The third kappa shape index (κ3) is 31.0. The molecule has 0 aromatic rings. The number of hydrogen-bond donors (Lipinski definition) is 2. The van der Waals surface area contributed by atoms with Crippen molar-refractivity contribution in [1.29, 1.82) is 0 Å². The van der Waals surface area contributed by atoms with E-state index < -0.39 is 18.2 Å². The summed E-state index contributed by atoms with van der Waals surface area (Å²) in [5, 5.41) is 19.4. The van der Waals surface area contributed by atoms with Gasteiger partial charge in [0, 0.05) is 12.8 Å². The number of hydrogen-bond acceptors (Lipinski definition) is 6. The average molecular weight is 617 g/mol. The van der Waals surface area contributed by atoms with Gasteiger partial charge in [-0.15, -0.1) is 0 Å². The van der Waals surface area contributed by atoms with Gasteiger partial charge in [-0.3, -0.25) is 9.59 Å². The maximum Gasteiger partial charge on any atom is 0.306 e. The molecule has 0 amide bonds. The van der Waals surface area contributed by atoms with Gasteiger partial charge in [0.05, 0.1) is 12.7 Å². The van der Waals surface area contributed by atoms with Gasteiger partial charge in [-0.25, -0.2) is 0 Å². The largest absolute Gasteiger partial charge is 0.462 e. The number of rotatable bonds is 29. The lowest BCUT2D eigenvalue weighted by Crippen LogP contribution is -2.28. The Kier molecular flexibility index (Phi) is 30.2. The second-order valence-electron chi connectivity index (χ2n) is 11.9. The van der Waals surface area contributed by atoms with Crippen LogP contribution in [0.25, 0.3) is 0 Å². The van der Waals surface area contributed by atoms with E-state index in [2.05, 4.69) is 39.0 Å². The molecule has 0 fully saturated rings. The van der Waals surface area contributed by atoms with E-state index in [9.17, 15) is 19.8 Å². The Morgan fingerprint density at radius 3 is 2.00 bits per heavy atom. The molecule has 0 heterocycles. The molecule has 252 valence electrons. The molecule has 6 nitrogen and oxygen atoms in total. The Bertz CT molecular complexity index is 823. The smallest absolute Gasteiger partial charge is 0.306 e. The first-order valence-corrected chi connectivity index (χ1v) is 17.3. The maximum absolute atomic E-state index is 12.1. The van der Waals surface area contributed by atoms with E-state index in [4.69, 9.17) is 9.47 Å². The Morgan fingerprint density at radius 1 is 0.705 bits per heavy atom. The number of allylic oxidation sites excluding steroid dienone is 8. The van der Waals surface area contributed by atoms with Gasteiger partial charge in [0.2, 0.25) is 0 Å². The molecule has 0 rings (SSSR count). The highest BCUT2D eigenvalue weighted by Gasteiger charge is 2.15. The van der Waals surface area contributed by atoms with Crippen molar-refractivity contribution in [1.82, 2.24) is 0 Å². The number of carbonyl (C=O) groups is 2. The molecule has 6 heteroatoms. The number of aliphatic hydroxyl groups excluding tert-OH is 2. The molecular formula is C38H64O6. The van der Waals surface area contributed by atoms with Crippen LogP contribution in [0.4, 0.5) is 0 Å². The van der Waals surface area contributed by atoms with Crippen molar-refractivity contribution in [2.45, 2.75) is 149 Å². The fourth-order valence-corrected chi connectivity index (χ4v) is 4.44. The zero-order chi connectivity index (χ0) is 32.5. The third-order valence-electron chi connectivity index (χ3n) is 7.08. The molecule has 2 N–H and O–H groups in total. The molecule has 0 aliphatic carbocycles. The SMILES string of the molecule is CC/C=C\C/C=C\CC(O)/C=C/C=C\C/C=C\CCCC(=O)O[C@@H](CO)COC(=O)CCCCCCCCCCCC(C)C. The molecule has 0 aromatic carbocycles. The quantitative estimate of drug-likeness (QED) is 0.0377. The summed E-state index contributed by atoms with van der Waals surface area (Å²) in [7, 11) is 0. The van der Waals surface area contributed by atoms with E-state index in [0.717, 1.165) is 50.9 Å². The van der Waals surface area contributed by atoms with Crippen LogP contribution in [0.2, 0.25) is 0 Å². The predicted molar refractivity (Wildman–Crippen MR) is 183 cm³/mol. The van der Waals surface area contributed by atoms with E-state index >= 15 is 0 Å². The summed E-state index contributed by atoms with van der Waals surface area (Å²) in [6, 6.07) is 0. The topological polar surface area (TPSA) is 93.1 Å². The van der Waals surface area contributed by atoms with Gasteiger partial charge in [0.25, 0.3) is 0 Å². The van der Waals surface area contributed by atoms with Crippen molar-refractivity contribution in [3.8, 4) is 0 Å². The molecule has 44 heavy (non-hydrogen) atoms. The Hall–Kier alpha value is -2.44. The standard InChI is InChI=1S/C38H64O6/c1-4-5-6-7-18-23-28-35(40)29-24-19-14-11-12-16-21-26-31-38(42)44-36(32-39)33-43-37(41)30-25-20-15-10-8-9-13-17-22-27-34(2)3/h5-6,12,14,16,18-19,23-24,29,34-36,39-40H,4,7-11,13,15,17,20-22,25-28,30-33H2,1-3H3/b6-5-,16-12-,19-14-,23-18-,29-24+/t35?,36-/m0/s1. The number of aliphatic hydroxyl groups is 2. The van der Waals surface area contributed by atoms with E-state index in [-0.39, 0.29) is 25.6 Å². The molecule has 2 atom stereocenters. The van der Waals surface area contributed by atoms with Crippen LogP contribution < -0.4 is 0 Å². The van der Waals surface area contributed by atoms with Crippen molar-refractivity contribution in [3.63, 3.8) is 0 Å². The average Bonchev–Trinajstić information content (AvgIpc) is 3.00. The number of esters is 2. The van der Waals surface area contributed by atoms with Gasteiger partial charge >= 0.3 is 11.9 Å². The first kappa shape index (κ1) is 41.6. The number of carbonyl (C=O) groups excluding carboxylic acids is 2. The predicted octanol–water partition coefficient (Wildman–Crippen LogP) is 9.27. The van der Waals surface area contributed by atoms with Crippen molar-refractivity contribution < 1.29 is 29.3 Å². The van der Waals surface area contributed by atoms with Gasteiger partial charge in [0.15, 0.2) is 6.10 Å².